The van der Waals surface area contributed by atoms with Crippen molar-refractivity contribution < 1.29 is 4.79 Å². The zero-order valence-electron chi connectivity index (χ0n) is 13.9. The first-order chi connectivity index (χ1) is 10.2. The monoisotopic (exact) mass is 295 g/mol. The van der Waals surface area contributed by atoms with E-state index in [1.54, 1.807) is 0 Å². The minimum absolute atomic E-state index is 0.0101. The van der Waals surface area contributed by atoms with Gasteiger partial charge < -0.3 is 10.6 Å². The summed E-state index contributed by atoms with van der Waals surface area (Å²) in [5.74, 6) is 0.241. The van der Waals surface area contributed by atoms with E-state index in [0.717, 1.165) is 19.6 Å². The number of hydrogen-bond acceptors (Lipinski definition) is 3. The highest BCUT2D eigenvalue weighted by atomic mass is 16.2. The van der Waals surface area contributed by atoms with Gasteiger partial charge in [0.05, 0.1) is 6.04 Å². The summed E-state index contributed by atoms with van der Waals surface area (Å²) in [5, 5.41) is 6.74. The average molecular weight is 295 g/mol. The second-order valence-corrected chi connectivity index (χ2v) is 6.71. The Labute approximate surface area is 130 Å². The number of hydrogen-bond donors (Lipinski definition) is 2. The number of nitrogens with zero attached hydrogens (tertiary/aromatic N) is 1. The highest BCUT2D eigenvalue weighted by Crippen LogP contribution is 2.21. The highest BCUT2D eigenvalue weighted by Gasteiger charge is 2.30. The van der Waals surface area contributed by atoms with Gasteiger partial charge in [-0.15, -0.1) is 0 Å². The largest absolute Gasteiger partial charge is 0.352 e. The molecule has 1 aliphatic heterocycles. The molecule has 1 amide bonds. The predicted molar refractivity (Wildman–Crippen MR) is 87.4 cm³/mol. The zero-order chi connectivity index (χ0) is 15.1. The van der Waals surface area contributed by atoms with Crippen molar-refractivity contribution in [1.82, 2.24) is 15.5 Å². The van der Waals surface area contributed by atoms with Crippen LogP contribution < -0.4 is 10.6 Å². The van der Waals surface area contributed by atoms with Gasteiger partial charge in [-0.2, -0.15) is 0 Å². The maximum Gasteiger partial charge on any atom is 0.237 e. The SMILES string of the molecule is CCNCC1CCCCN1C(C)C(=O)NC1CCCCC1. The summed E-state index contributed by atoms with van der Waals surface area (Å²) in [7, 11) is 0. The summed E-state index contributed by atoms with van der Waals surface area (Å²) in [4.78, 5) is 15.0. The molecule has 1 heterocycles. The molecule has 21 heavy (non-hydrogen) atoms. The number of likely N-dealkylation sites (N-methyl/N-ethyl adjacent to an activating group) is 1. The summed E-state index contributed by atoms with van der Waals surface area (Å²) < 4.78 is 0. The molecule has 2 N–H and O–H groups in total. The van der Waals surface area contributed by atoms with Crippen LogP contribution in [0.2, 0.25) is 0 Å². The van der Waals surface area contributed by atoms with E-state index in [2.05, 4.69) is 29.4 Å². The number of carbonyl (C=O) groups is 1. The Balaban J connectivity index is 1.85. The highest BCUT2D eigenvalue weighted by molar-refractivity contribution is 5.81. The quantitative estimate of drug-likeness (QED) is 0.790. The Kier molecular flexibility index (Phi) is 6.97. The molecule has 0 spiro atoms. The van der Waals surface area contributed by atoms with Crippen molar-refractivity contribution in [3.8, 4) is 0 Å². The van der Waals surface area contributed by atoms with Crippen LogP contribution in [0, 0.1) is 0 Å². The third-order valence-corrected chi connectivity index (χ3v) is 5.13. The molecule has 0 aromatic carbocycles. The third-order valence-electron chi connectivity index (χ3n) is 5.13. The molecule has 1 aliphatic carbocycles. The van der Waals surface area contributed by atoms with Gasteiger partial charge >= 0.3 is 0 Å². The number of nitrogens with one attached hydrogen (secondary N) is 2. The van der Waals surface area contributed by atoms with Gasteiger partial charge in [-0.05, 0) is 45.7 Å². The molecule has 4 nitrogen and oxygen atoms in total. The van der Waals surface area contributed by atoms with E-state index in [-0.39, 0.29) is 11.9 Å². The van der Waals surface area contributed by atoms with Gasteiger partial charge in [-0.1, -0.05) is 32.6 Å². The first-order valence-corrected chi connectivity index (χ1v) is 8.99. The molecule has 2 atom stereocenters. The van der Waals surface area contributed by atoms with Crippen LogP contribution in [-0.4, -0.2) is 48.6 Å². The molecule has 0 aromatic rings. The smallest absolute Gasteiger partial charge is 0.237 e. The Hall–Kier alpha value is -0.610. The van der Waals surface area contributed by atoms with E-state index in [1.807, 2.05) is 0 Å². The van der Waals surface area contributed by atoms with Gasteiger partial charge in [0, 0.05) is 18.6 Å². The van der Waals surface area contributed by atoms with E-state index < -0.39 is 0 Å². The van der Waals surface area contributed by atoms with Gasteiger partial charge in [-0.3, -0.25) is 9.69 Å². The predicted octanol–water partition coefficient (Wildman–Crippen LogP) is 2.29. The molecule has 2 fully saturated rings. The van der Waals surface area contributed by atoms with Crippen molar-refractivity contribution in [1.29, 1.82) is 0 Å². The van der Waals surface area contributed by atoms with Crippen molar-refractivity contribution in [2.45, 2.75) is 83.3 Å². The molecule has 0 radical (unpaired) electrons. The molecule has 4 heteroatoms. The lowest BCUT2D eigenvalue weighted by Crippen LogP contribution is -2.55. The Morgan fingerprint density at radius 2 is 1.86 bits per heavy atom. The summed E-state index contributed by atoms with van der Waals surface area (Å²) in [6.45, 7) is 7.31. The lowest BCUT2D eigenvalue weighted by atomic mass is 9.95. The lowest BCUT2D eigenvalue weighted by molar-refractivity contribution is -0.128. The number of piperidine rings is 1. The van der Waals surface area contributed by atoms with E-state index in [4.69, 9.17) is 0 Å². The van der Waals surface area contributed by atoms with Crippen LogP contribution in [0.15, 0.2) is 0 Å². The Bertz CT molecular complexity index is 315. The first-order valence-electron chi connectivity index (χ1n) is 8.99. The Morgan fingerprint density at radius 1 is 1.14 bits per heavy atom. The molecular formula is C17H33N3O. The van der Waals surface area contributed by atoms with Crippen LogP contribution in [0.5, 0.6) is 0 Å². The van der Waals surface area contributed by atoms with Gasteiger partial charge in [0.1, 0.15) is 0 Å². The van der Waals surface area contributed by atoms with Crippen LogP contribution in [-0.2, 0) is 4.79 Å². The van der Waals surface area contributed by atoms with Crippen molar-refractivity contribution in [3.63, 3.8) is 0 Å². The normalized spacial score (nSPS) is 26.5. The van der Waals surface area contributed by atoms with Crippen LogP contribution in [0.25, 0.3) is 0 Å². The van der Waals surface area contributed by atoms with E-state index in [0.29, 0.717) is 12.1 Å². The standard InChI is InChI=1S/C17H33N3O/c1-3-18-13-16-11-7-8-12-20(16)14(2)17(21)19-15-9-5-4-6-10-15/h14-16,18H,3-13H2,1-2H3,(H,19,21). The van der Waals surface area contributed by atoms with Crippen LogP contribution in [0.4, 0.5) is 0 Å². The molecule has 2 unspecified atom stereocenters. The van der Waals surface area contributed by atoms with E-state index in [1.165, 1.54) is 51.4 Å². The topological polar surface area (TPSA) is 44.4 Å². The fraction of sp³-hybridized carbons (Fsp3) is 0.941. The second-order valence-electron chi connectivity index (χ2n) is 6.71. The molecular weight excluding hydrogens is 262 g/mol. The molecule has 122 valence electrons. The van der Waals surface area contributed by atoms with Crippen LogP contribution in [0.1, 0.15) is 65.2 Å². The Morgan fingerprint density at radius 3 is 2.57 bits per heavy atom. The van der Waals surface area contributed by atoms with Crippen molar-refractivity contribution in [2.75, 3.05) is 19.6 Å². The van der Waals surface area contributed by atoms with Crippen LogP contribution in [0.3, 0.4) is 0 Å². The molecule has 0 bridgehead atoms. The first kappa shape index (κ1) is 16.8. The minimum atomic E-state index is 0.0101. The van der Waals surface area contributed by atoms with Gasteiger partial charge in [0.2, 0.25) is 5.91 Å². The molecule has 2 rings (SSSR count). The zero-order valence-corrected chi connectivity index (χ0v) is 13.9. The third kappa shape index (κ3) is 4.96. The van der Waals surface area contributed by atoms with Crippen molar-refractivity contribution >= 4 is 5.91 Å². The van der Waals surface area contributed by atoms with Gasteiger partial charge in [0.15, 0.2) is 0 Å². The molecule has 1 saturated carbocycles. The fourth-order valence-electron chi connectivity index (χ4n) is 3.78. The van der Waals surface area contributed by atoms with Gasteiger partial charge in [-0.25, -0.2) is 0 Å². The number of likely N-dealkylation sites (tertiary alicyclic amines) is 1. The lowest BCUT2D eigenvalue weighted by Gasteiger charge is -2.40. The minimum Gasteiger partial charge on any atom is -0.352 e. The summed E-state index contributed by atoms with van der Waals surface area (Å²) in [6.07, 6.45) is 9.94. The van der Waals surface area contributed by atoms with Crippen LogP contribution >= 0.6 is 0 Å². The maximum atomic E-state index is 12.6. The molecule has 0 aromatic heterocycles. The summed E-state index contributed by atoms with van der Waals surface area (Å²) >= 11 is 0. The summed E-state index contributed by atoms with van der Waals surface area (Å²) in [6, 6.07) is 0.951. The average Bonchev–Trinajstić information content (AvgIpc) is 2.53. The summed E-state index contributed by atoms with van der Waals surface area (Å²) in [5.41, 5.74) is 0. The van der Waals surface area contributed by atoms with Gasteiger partial charge in [0.25, 0.3) is 0 Å². The number of carbonyl (C=O) groups excluding carboxylic acids is 1. The fourth-order valence-corrected chi connectivity index (χ4v) is 3.78. The number of amides is 1. The maximum absolute atomic E-state index is 12.6. The van der Waals surface area contributed by atoms with Crippen molar-refractivity contribution in [2.24, 2.45) is 0 Å². The second kappa shape index (κ2) is 8.74. The number of rotatable bonds is 6. The van der Waals surface area contributed by atoms with E-state index >= 15 is 0 Å². The molecule has 1 saturated heterocycles. The van der Waals surface area contributed by atoms with E-state index in [9.17, 15) is 4.79 Å². The molecule has 2 aliphatic rings. The van der Waals surface area contributed by atoms with Crippen molar-refractivity contribution in [3.05, 3.63) is 0 Å².